The summed E-state index contributed by atoms with van der Waals surface area (Å²) in [4.78, 5) is 8.73. The van der Waals surface area contributed by atoms with E-state index < -0.39 is 5.82 Å². The first-order chi connectivity index (χ1) is 14.0. The van der Waals surface area contributed by atoms with Crippen LogP contribution < -0.4 is 15.4 Å². The summed E-state index contributed by atoms with van der Waals surface area (Å²) >= 11 is 0. The van der Waals surface area contributed by atoms with Crippen molar-refractivity contribution in [2.45, 2.75) is 26.4 Å². The molecule has 1 atom stereocenters. The van der Waals surface area contributed by atoms with E-state index in [1.54, 1.807) is 19.4 Å². The topological polar surface area (TPSA) is 71.7 Å². The van der Waals surface area contributed by atoms with Gasteiger partial charge in [-0.2, -0.15) is 0 Å². The fourth-order valence-corrected chi connectivity index (χ4v) is 2.83. The van der Waals surface area contributed by atoms with Gasteiger partial charge in [-0.3, -0.25) is 4.99 Å². The van der Waals surface area contributed by atoms with Crippen molar-refractivity contribution in [1.29, 1.82) is 0 Å². The summed E-state index contributed by atoms with van der Waals surface area (Å²) in [5.41, 5.74) is 3.66. The molecule has 2 aromatic carbocycles. The Morgan fingerprint density at radius 1 is 1.24 bits per heavy atom. The van der Waals surface area contributed by atoms with Crippen molar-refractivity contribution in [1.82, 2.24) is 15.6 Å². The standard InChI is InChI=1S/C22H25FN4O2/c1-14-5-7-16(8-6-14)21-27-18(13-29-21)12-25-22(24-3)26-15(2)17-9-10-20(28-4)19(23)11-17/h5-11,13,15H,12H2,1-4H3,(H2,24,25,26). The highest BCUT2D eigenvalue weighted by Crippen LogP contribution is 2.22. The molecule has 0 radical (unpaired) electrons. The van der Waals surface area contributed by atoms with Crippen molar-refractivity contribution in [3.8, 4) is 17.2 Å². The summed E-state index contributed by atoms with van der Waals surface area (Å²) in [5, 5.41) is 6.43. The molecule has 1 heterocycles. The lowest BCUT2D eigenvalue weighted by molar-refractivity contribution is 0.386. The summed E-state index contributed by atoms with van der Waals surface area (Å²) in [6, 6.07) is 12.7. The number of methoxy groups -OCH3 is 1. The van der Waals surface area contributed by atoms with Gasteiger partial charge in [-0.15, -0.1) is 0 Å². The van der Waals surface area contributed by atoms with Gasteiger partial charge in [0.15, 0.2) is 17.5 Å². The van der Waals surface area contributed by atoms with E-state index in [2.05, 4.69) is 20.6 Å². The molecule has 1 aromatic heterocycles. The molecule has 0 saturated carbocycles. The van der Waals surface area contributed by atoms with Crippen molar-refractivity contribution in [2.24, 2.45) is 4.99 Å². The molecule has 29 heavy (non-hydrogen) atoms. The molecule has 7 heteroatoms. The van der Waals surface area contributed by atoms with Crippen LogP contribution >= 0.6 is 0 Å². The monoisotopic (exact) mass is 396 g/mol. The lowest BCUT2D eigenvalue weighted by atomic mass is 10.1. The molecule has 0 aliphatic carbocycles. The fraction of sp³-hybridized carbons (Fsp3) is 0.273. The lowest BCUT2D eigenvalue weighted by Crippen LogP contribution is -2.38. The maximum Gasteiger partial charge on any atom is 0.226 e. The second-order valence-electron chi connectivity index (χ2n) is 6.70. The molecule has 0 amide bonds. The Labute approximate surface area is 169 Å². The highest BCUT2D eigenvalue weighted by molar-refractivity contribution is 5.80. The fourth-order valence-electron chi connectivity index (χ4n) is 2.83. The molecule has 0 spiro atoms. The highest BCUT2D eigenvalue weighted by Gasteiger charge is 2.12. The third kappa shape index (κ3) is 5.13. The van der Waals surface area contributed by atoms with E-state index >= 15 is 0 Å². The maximum absolute atomic E-state index is 13.9. The highest BCUT2D eigenvalue weighted by atomic mass is 19.1. The molecule has 0 aliphatic rings. The van der Waals surface area contributed by atoms with Crippen LogP contribution in [0.4, 0.5) is 4.39 Å². The summed E-state index contributed by atoms with van der Waals surface area (Å²) in [7, 11) is 3.12. The first kappa shape index (κ1) is 20.4. The molecular weight excluding hydrogens is 371 g/mol. The Hall–Kier alpha value is -3.35. The maximum atomic E-state index is 13.9. The quantitative estimate of drug-likeness (QED) is 0.482. The van der Waals surface area contributed by atoms with E-state index in [0.717, 1.165) is 16.8 Å². The Kier molecular flexibility index (Phi) is 6.49. The Morgan fingerprint density at radius 2 is 2.00 bits per heavy atom. The molecular formula is C22H25FN4O2. The van der Waals surface area contributed by atoms with E-state index in [1.807, 2.05) is 44.2 Å². The number of nitrogens with zero attached hydrogens (tertiary/aromatic N) is 2. The van der Waals surface area contributed by atoms with Gasteiger partial charge in [0.05, 0.1) is 25.4 Å². The van der Waals surface area contributed by atoms with Crippen LogP contribution in [-0.4, -0.2) is 25.1 Å². The lowest BCUT2D eigenvalue weighted by Gasteiger charge is -2.18. The van der Waals surface area contributed by atoms with Crippen LogP contribution in [0, 0.1) is 12.7 Å². The summed E-state index contributed by atoms with van der Waals surface area (Å²) in [6.45, 7) is 4.41. The van der Waals surface area contributed by atoms with Crippen molar-refractivity contribution < 1.29 is 13.5 Å². The average Bonchev–Trinajstić information content (AvgIpc) is 3.20. The van der Waals surface area contributed by atoms with Gasteiger partial charge in [-0.1, -0.05) is 23.8 Å². The van der Waals surface area contributed by atoms with E-state index in [9.17, 15) is 4.39 Å². The van der Waals surface area contributed by atoms with Crippen molar-refractivity contribution in [3.63, 3.8) is 0 Å². The van der Waals surface area contributed by atoms with E-state index in [4.69, 9.17) is 9.15 Å². The number of oxazole rings is 1. The number of aromatic nitrogens is 1. The third-order valence-corrected chi connectivity index (χ3v) is 4.54. The van der Waals surface area contributed by atoms with Crippen LogP contribution in [0.2, 0.25) is 0 Å². The average molecular weight is 396 g/mol. The number of aliphatic imine (C=N–C) groups is 1. The van der Waals surface area contributed by atoms with Gasteiger partial charge in [0, 0.05) is 12.6 Å². The number of hydrogen-bond donors (Lipinski definition) is 2. The normalized spacial score (nSPS) is 12.5. The molecule has 0 fully saturated rings. The van der Waals surface area contributed by atoms with Gasteiger partial charge in [-0.25, -0.2) is 9.37 Å². The third-order valence-electron chi connectivity index (χ3n) is 4.54. The molecule has 2 N–H and O–H groups in total. The first-order valence-corrected chi connectivity index (χ1v) is 9.32. The number of aryl methyl sites for hydroxylation is 1. The molecule has 152 valence electrons. The molecule has 3 rings (SSSR count). The zero-order valence-electron chi connectivity index (χ0n) is 17.0. The molecule has 1 unspecified atom stereocenters. The molecule has 3 aromatic rings. The number of benzene rings is 2. The number of halogens is 1. The van der Waals surface area contributed by atoms with Crippen molar-refractivity contribution >= 4 is 5.96 Å². The van der Waals surface area contributed by atoms with Gasteiger partial charge < -0.3 is 19.8 Å². The minimum absolute atomic E-state index is 0.151. The smallest absolute Gasteiger partial charge is 0.226 e. The number of hydrogen-bond acceptors (Lipinski definition) is 4. The van der Waals surface area contributed by atoms with Crippen LogP contribution in [0.3, 0.4) is 0 Å². The summed E-state index contributed by atoms with van der Waals surface area (Å²) in [6.07, 6.45) is 1.62. The predicted molar refractivity (Wildman–Crippen MR) is 111 cm³/mol. The van der Waals surface area contributed by atoms with E-state index in [1.165, 1.54) is 18.7 Å². The van der Waals surface area contributed by atoms with Gasteiger partial charge in [0.2, 0.25) is 5.89 Å². The molecule has 0 saturated heterocycles. The minimum Gasteiger partial charge on any atom is -0.494 e. The molecule has 6 nitrogen and oxygen atoms in total. The van der Waals surface area contributed by atoms with Crippen molar-refractivity contribution in [3.05, 3.63) is 71.4 Å². The van der Waals surface area contributed by atoms with E-state index in [0.29, 0.717) is 18.4 Å². The first-order valence-electron chi connectivity index (χ1n) is 9.32. The van der Waals surface area contributed by atoms with Gasteiger partial charge in [0.25, 0.3) is 0 Å². The zero-order valence-corrected chi connectivity index (χ0v) is 17.0. The second kappa shape index (κ2) is 9.23. The number of guanidine groups is 1. The van der Waals surface area contributed by atoms with Crippen LogP contribution in [-0.2, 0) is 6.54 Å². The van der Waals surface area contributed by atoms with Crippen LogP contribution in [0.25, 0.3) is 11.5 Å². The molecule has 0 bridgehead atoms. The largest absolute Gasteiger partial charge is 0.494 e. The van der Waals surface area contributed by atoms with Gasteiger partial charge in [-0.05, 0) is 43.7 Å². The van der Waals surface area contributed by atoms with Crippen LogP contribution in [0.1, 0.15) is 29.8 Å². The minimum atomic E-state index is -0.396. The number of nitrogens with one attached hydrogen (secondary N) is 2. The summed E-state index contributed by atoms with van der Waals surface area (Å²) < 4.78 is 24.5. The van der Waals surface area contributed by atoms with Gasteiger partial charge in [0.1, 0.15) is 6.26 Å². The SMILES string of the molecule is CN=C(NCc1coc(-c2ccc(C)cc2)n1)NC(C)c1ccc(OC)c(F)c1. The number of ether oxygens (including phenoxy) is 1. The predicted octanol–water partition coefficient (Wildman–Crippen LogP) is 4.22. The van der Waals surface area contributed by atoms with Gasteiger partial charge >= 0.3 is 0 Å². The van der Waals surface area contributed by atoms with Crippen molar-refractivity contribution in [2.75, 3.05) is 14.2 Å². The summed E-state index contributed by atoms with van der Waals surface area (Å²) in [5.74, 6) is 0.979. The number of rotatable bonds is 6. The Bertz CT molecular complexity index is 983. The second-order valence-corrected chi connectivity index (χ2v) is 6.70. The van der Waals surface area contributed by atoms with E-state index in [-0.39, 0.29) is 11.8 Å². The Morgan fingerprint density at radius 3 is 2.66 bits per heavy atom. The molecule has 0 aliphatic heterocycles. The van der Waals surface area contributed by atoms with Crippen LogP contribution in [0.15, 0.2) is 58.1 Å². The zero-order chi connectivity index (χ0) is 20.8. The Balaban J connectivity index is 1.59. The van der Waals surface area contributed by atoms with Crippen LogP contribution in [0.5, 0.6) is 5.75 Å².